The third kappa shape index (κ3) is 5.64. The van der Waals surface area contributed by atoms with Crippen LogP contribution in [-0.2, 0) is 4.79 Å². The van der Waals surface area contributed by atoms with E-state index in [1.807, 2.05) is 32.9 Å². The van der Waals surface area contributed by atoms with Gasteiger partial charge in [0.05, 0.1) is 0 Å². The van der Waals surface area contributed by atoms with Crippen molar-refractivity contribution in [1.29, 1.82) is 0 Å². The Morgan fingerprint density at radius 3 is 2.62 bits per heavy atom. The van der Waals surface area contributed by atoms with Gasteiger partial charge in [-0.1, -0.05) is 6.07 Å². The summed E-state index contributed by atoms with van der Waals surface area (Å²) in [6.07, 6.45) is 3.76. The minimum Gasteiger partial charge on any atom is -0.350 e. The van der Waals surface area contributed by atoms with Gasteiger partial charge in [-0.3, -0.25) is 9.59 Å². The van der Waals surface area contributed by atoms with Gasteiger partial charge in [0.2, 0.25) is 5.91 Å². The Balaban J connectivity index is 1.91. The highest BCUT2D eigenvalue weighted by Gasteiger charge is 2.15. The number of hydrogen-bond donors (Lipinski definition) is 3. The summed E-state index contributed by atoms with van der Waals surface area (Å²) >= 11 is 0. The molecule has 5 heteroatoms. The Morgan fingerprint density at radius 1 is 1.25 bits per heavy atom. The number of hydrogen-bond acceptors (Lipinski definition) is 3. The van der Waals surface area contributed by atoms with Crippen molar-refractivity contribution in [2.24, 2.45) is 5.92 Å². The van der Waals surface area contributed by atoms with Crippen LogP contribution in [0, 0.1) is 12.8 Å². The van der Waals surface area contributed by atoms with Crippen molar-refractivity contribution in [2.45, 2.75) is 52.5 Å². The van der Waals surface area contributed by atoms with Gasteiger partial charge < -0.3 is 16.0 Å². The Bertz CT molecular complexity index is 578. The van der Waals surface area contributed by atoms with Gasteiger partial charge in [-0.15, -0.1) is 0 Å². The lowest BCUT2D eigenvalue weighted by molar-refractivity contribution is -0.116. The van der Waals surface area contributed by atoms with E-state index < -0.39 is 0 Å². The van der Waals surface area contributed by atoms with Crippen LogP contribution in [0.4, 0.5) is 5.69 Å². The second kappa shape index (κ2) is 8.83. The van der Waals surface area contributed by atoms with E-state index in [0.717, 1.165) is 37.9 Å². The molecule has 2 amide bonds. The van der Waals surface area contributed by atoms with Crippen molar-refractivity contribution in [3.63, 3.8) is 0 Å². The van der Waals surface area contributed by atoms with Crippen LogP contribution in [0.15, 0.2) is 18.2 Å². The van der Waals surface area contributed by atoms with Crippen LogP contribution in [0.2, 0.25) is 0 Å². The molecule has 0 spiro atoms. The molecule has 0 radical (unpaired) electrons. The van der Waals surface area contributed by atoms with Gasteiger partial charge in [0, 0.05) is 23.7 Å². The molecular formula is C19H29N3O2. The fraction of sp³-hybridized carbons (Fsp3) is 0.579. The molecule has 0 saturated carbocycles. The summed E-state index contributed by atoms with van der Waals surface area (Å²) in [6, 6.07) is 5.57. The summed E-state index contributed by atoms with van der Waals surface area (Å²) < 4.78 is 0. The van der Waals surface area contributed by atoms with Gasteiger partial charge >= 0.3 is 0 Å². The maximum absolute atomic E-state index is 12.2. The molecule has 0 bridgehead atoms. The predicted octanol–water partition coefficient (Wildman–Crippen LogP) is 2.85. The number of carbonyl (C=O) groups excluding carboxylic acids is 2. The lowest BCUT2D eigenvalue weighted by Crippen LogP contribution is -2.30. The van der Waals surface area contributed by atoms with Crippen LogP contribution in [0.1, 0.15) is 55.5 Å². The second-order valence-corrected chi connectivity index (χ2v) is 6.94. The Morgan fingerprint density at radius 2 is 1.96 bits per heavy atom. The fourth-order valence-corrected chi connectivity index (χ4v) is 3.01. The second-order valence-electron chi connectivity index (χ2n) is 6.94. The standard InChI is InChI=1S/C19H29N3O2/c1-13(2)21-19(24)17-12-16(6-4-14(17)3)22-18(23)7-5-15-8-10-20-11-9-15/h4,6,12-13,15,20H,5,7-11H2,1-3H3,(H,21,24)(H,22,23). The summed E-state index contributed by atoms with van der Waals surface area (Å²) in [5, 5.41) is 9.15. The number of benzene rings is 1. The minimum atomic E-state index is -0.103. The van der Waals surface area contributed by atoms with E-state index in [1.165, 1.54) is 0 Å². The molecule has 1 aliphatic heterocycles. The van der Waals surface area contributed by atoms with Crippen LogP contribution in [0.25, 0.3) is 0 Å². The first kappa shape index (κ1) is 18.5. The van der Waals surface area contributed by atoms with E-state index in [4.69, 9.17) is 0 Å². The van der Waals surface area contributed by atoms with E-state index in [-0.39, 0.29) is 17.9 Å². The fourth-order valence-electron chi connectivity index (χ4n) is 3.01. The highest BCUT2D eigenvalue weighted by Crippen LogP contribution is 2.19. The summed E-state index contributed by atoms with van der Waals surface area (Å²) in [4.78, 5) is 24.4. The van der Waals surface area contributed by atoms with Gasteiger partial charge in [-0.25, -0.2) is 0 Å². The summed E-state index contributed by atoms with van der Waals surface area (Å²) in [5.74, 6) is 0.559. The third-order valence-corrected chi connectivity index (χ3v) is 4.42. The summed E-state index contributed by atoms with van der Waals surface area (Å²) in [6.45, 7) is 7.87. The molecule has 2 rings (SSSR count). The number of amides is 2. The van der Waals surface area contributed by atoms with Gasteiger partial charge in [-0.05, 0) is 76.7 Å². The van der Waals surface area contributed by atoms with Gasteiger partial charge in [0.1, 0.15) is 0 Å². The van der Waals surface area contributed by atoms with E-state index in [1.54, 1.807) is 6.07 Å². The molecule has 1 saturated heterocycles. The Hall–Kier alpha value is -1.88. The lowest BCUT2D eigenvalue weighted by Gasteiger charge is -2.22. The molecule has 1 aromatic carbocycles. The van der Waals surface area contributed by atoms with Crippen LogP contribution in [0.5, 0.6) is 0 Å². The van der Waals surface area contributed by atoms with Crippen molar-refractivity contribution in [3.05, 3.63) is 29.3 Å². The molecule has 3 N–H and O–H groups in total. The topological polar surface area (TPSA) is 70.2 Å². The molecule has 1 heterocycles. The molecule has 1 aromatic rings. The van der Waals surface area contributed by atoms with Gasteiger partial charge in [-0.2, -0.15) is 0 Å². The maximum Gasteiger partial charge on any atom is 0.251 e. The first-order chi connectivity index (χ1) is 11.5. The number of anilines is 1. The average Bonchev–Trinajstić information content (AvgIpc) is 2.55. The zero-order chi connectivity index (χ0) is 17.5. The molecule has 0 aromatic heterocycles. The number of aryl methyl sites for hydroxylation is 1. The van der Waals surface area contributed by atoms with Crippen molar-refractivity contribution in [2.75, 3.05) is 18.4 Å². The minimum absolute atomic E-state index is 0.0209. The molecule has 1 fully saturated rings. The van der Waals surface area contributed by atoms with Crippen molar-refractivity contribution in [1.82, 2.24) is 10.6 Å². The predicted molar refractivity (Wildman–Crippen MR) is 97.2 cm³/mol. The van der Waals surface area contributed by atoms with E-state index in [9.17, 15) is 9.59 Å². The smallest absolute Gasteiger partial charge is 0.251 e. The largest absolute Gasteiger partial charge is 0.350 e. The monoisotopic (exact) mass is 331 g/mol. The molecular weight excluding hydrogens is 302 g/mol. The maximum atomic E-state index is 12.2. The van der Waals surface area contributed by atoms with Crippen LogP contribution >= 0.6 is 0 Å². The summed E-state index contributed by atoms with van der Waals surface area (Å²) in [7, 11) is 0. The van der Waals surface area contributed by atoms with Crippen LogP contribution in [0.3, 0.4) is 0 Å². The SMILES string of the molecule is Cc1ccc(NC(=O)CCC2CCNCC2)cc1C(=O)NC(C)C. The zero-order valence-corrected chi connectivity index (χ0v) is 14.9. The quantitative estimate of drug-likeness (QED) is 0.751. The number of carbonyl (C=O) groups is 2. The Labute approximate surface area is 144 Å². The van der Waals surface area contributed by atoms with Gasteiger partial charge in [0.25, 0.3) is 5.91 Å². The first-order valence-corrected chi connectivity index (χ1v) is 8.88. The molecule has 24 heavy (non-hydrogen) atoms. The van der Waals surface area contributed by atoms with Crippen molar-refractivity contribution in [3.8, 4) is 0 Å². The highest BCUT2D eigenvalue weighted by molar-refractivity contribution is 5.98. The van der Waals surface area contributed by atoms with Crippen LogP contribution in [-0.4, -0.2) is 30.9 Å². The average molecular weight is 331 g/mol. The lowest BCUT2D eigenvalue weighted by atomic mass is 9.93. The molecule has 1 aliphatic rings. The normalized spacial score (nSPS) is 15.3. The molecule has 0 unspecified atom stereocenters. The zero-order valence-electron chi connectivity index (χ0n) is 14.9. The molecule has 5 nitrogen and oxygen atoms in total. The van der Waals surface area contributed by atoms with Crippen LogP contribution < -0.4 is 16.0 Å². The Kier molecular flexibility index (Phi) is 6.79. The van der Waals surface area contributed by atoms with Gasteiger partial charge in [0.15, 0.2) is 0 Å². The number of nitrogens with one attached hydrogen (secondary N) is 3. The number of piperidine rings is 1. The molecule has 0 aliphatic carbocycles. The van der Waals surface area contributed by atoms with Crippen molar-refractivity contribution >= 4 is 17.5 Å². The third-order valence-electron chi connectivity index (χ3n) is 4.42. The van der Waals surface area contributed by atoms with E-state index in [0.29, 0.717) is 23.6 Å². The van der Waals surface area contributed by atoms with E-state index in [2.05, 4.69) is 16.0 Å². The van der Waals surface area contributed by atoms with Crippen molar-refractivity contribution < 1.29 is 9.59 Å². The molecule has 132 valence electrons. The molecule has 0 atom stereocenters. The van der Waals surface area contributed by atoms with E-state index >= 15 is 0 Å². The number of rotatable bonds is 6. The highest BCUT2D eigenvalue weighted by atomic mass is 16.2. The summed E-state index contributed by atoms with van der Waals surface area (Å²) in [5.41, 5.74) is 2.20. The first-order valence-electron chi connectivity index (χ1n) is 8.88.